The SMILES string of the molecule is COC(=O)C(N)(Cn1nc(C)nc1C)C1CC1. The second-order valence-electron chi connectivity index (χ2n) is 4.67. The van der Waals surface area contributed by atoms with E-state index < -0.39 is 5.54 Å². The Hall–Kier alpha value is -1.43. The van der Waals surface area contributed by atoms with Crippen molar-refractivity contribution in [1.82, 2.24) is 14.8 Å². The van der Waals surface area contributed by atoms with Gasteiger partial charge in [-0.25, -0.2) is 14.5 Å². The van der Waals surface area contributed by atoms with Crippen LogP contribution in [-0.2, 0) is 16.1 Å². The summed E-state index contributed by atoms with van der Waals surface area (Å²) in [7, 11) is 1.37. The highest BCUT2D eigenvalue weighted by molar-refractivity contribution is 5.81. The van der Waals surface area contributed by atoms with E-state index in [1.54, 1.807) is 4.68 Å². The fraction of sp³-hybridized carbons (Fsp3) is 0.727. The third-order valence-electron chi connectivity index (χ3n) is 3.25. The molecule has 0 spiro atoms. The Morgan fingerprint density at radius 2 is 2.24 bits per heavy atom. The highest BCUT2D eigenvalue weighted by Gasteiger charge is 2.49. The molecule has 0 amide bonds. The first kappa shape index (κ1) is 12.0. The molecular weight excluding hydrogens is 220 g/mol. The van der Waals surface area contributed by atoms with Crippen molar-refractivity contribution < 1.29 is 9.53 Å². The van der Waals surface area contributed by atoms with Crippen LogP contribution in [0.15, 0.2) is 0 Å². The molecule has 1 atom stereocenters. The van der Waals surface area contributed by atoms with E-state index >= 15 is 0 Å². The number of carbonyl (C=O) groups excluding carboxylic acids is 1. The third-order valence-corrected chi connectivity index (χ3v) is 3.25. The summed E-state index contributed by atoms with van der Waals surface area (Å²) in [5.74, 6) is 1.28. The number of nitrogens with zero attached hydrogens (tertiary/aromatic N) is 3. The van der Waals surface area contributed by atoms with Crippen molar-refractivity contribution in [3.05, 3.63) is 11.6 Å². The summed E-state index contributed by atoms with van der Waals surface area (Å²) >= 11 is 0. The largest absolute Gasteiger partial charge is 0.468 e. The van der Waals surface area contributed by atoms with Crippen LogP contribution in [0.4, 0.5) is 0 Å². The number of aromatic nitrogens is 3. The number of ether oxygens (including phenoxy) is 1. The first-order chi connectivity index (χ1) is 7.97. The van der Waals surface area contributed by atoms with E-state index in [1.807, 2.05) is 13.8 Å². The van der Waals surface area contributed by atoms with Crippen molar-refractivity contribution in [3.63, 3.8) is 0 Å². The van der Waals surface area contributed by atoms with Gasteiger partial charge in [-0.2, -0.15) is 5.10 Å². The average molecular weight is 238 g/mol. The van der Waals surface area contributed by atoms with Crippen molar-refractivity contribution in [2.45, 2.75) is 38.8 Å². The van der Waals surface area contributed by atoms with E-state index in [4.69, 9.17) is 10.5 Å². The molecule has 1 fully saturated rings. The van der Waals surface area contributed by atoms with E-state index in [2.05, 4.69) is 10.1 Å². The van der Waals surface area contributed by atoms with Crippen LogP contribution in [0, 0.1) is 19.8 Å². The number of esters is 1. The minimum absolute atomic E-state index is 0.193. The van der Waals surface area contributed by atoms with Crippen molar-refractivity contribution >= 4 is 5.97 Å². The summed E-state index contributed by atoms with van der Waals surface area (Å²) in [6.45, 7) is 4.00. The second kappa shape index (κ2) is 4.10. The van der Waals surface area contributed by atoms with Crippen LogP contribution in [-0.4, -0.2) is 33.4 Å². The van der Waals surface area contributed by atoms with Crippen molar-refractivity contribution in [3.8, 4) is 0 Å². The second-order valence-corrected chi connectivity index (χ2v) is 4.67. The monoisotopic (exact) mass is 238 g/mol. The molecule has 1 heterocycles. The number of nitrogens with two attached hydrogens (primary N) is 1. The van der Waals surface area contributed by atoms with Crippen molar-refractivity contribution in [2.75, 3.05) is 7.11 Å². The minimum Gasteiger partial charge on any atom is -0.468 e. The normalized spacial score (nSPS) is 18.8. The highest BCUT2D eigenvalue weighted by atomic mass is 16.5. The van der Waals surface area contributed by atoms with Crippen LogP contribution in [0.3, 0.4) is 0 Å². The maximum Gasteiger partial charge on any atom is 0.328 e. The third kappa shape index (κ3) is 2.17. The van der Waals surface area contributed by atoms with Gasteiger partial charge in [-0.1, -0.05) is 0 Å². The van der Waals surface area contributed by atoms with E-state index in [0.717, 1.165) is 18.7 Å². The van der Waals surface area contributed by atoms with Gasteiger partial charge in [0.15, 0.2) is 0 Å². The summed E-state index contributed by atoms with van der Waals surface area (Å²) in [6.07, 6.45) is 1.94. The van der Waals surface area contributed by atoms with Crippen LogP contribution >= 0.6 is 0 Å². The maximum atomic E-state index is 11.8. The average Bonchev–Trinajstić information content (AvgIpc) is 3.06. The van der Waals surface area contributed by atoms with Gasteiger partial charge in [0.2, 0.25) is 0 Å². The first-order valence-corrected chi connectivity index (χ1v) is 5.72. The van der Waals surface area contributed by atoms with Gasteiger partial charge < -0.3 is 10.5 Å². The lowest BCUT2D eigenvalue weighted by Crippen LogP contribution is -2.54. The van der Waals surface area contributed by atoms with Gasteiger partial charge in [-0.05, 0) is 32.6 Å². The number of hydrogen-bond acceptors (Lipinski definition) is 5. The molecule has 1 unspecified atom stereocenters. The summed E-state index contributed by atoms with van der Waals surface area (Å²) < 4.78 is 6.50. The molecule has 0 aromatic carbocycles. The first-order valence-electron chi connectivity index (χ1n) is 5.72. The van der Waals surface area contributed by atoms with Crippen LogP contribution in [0.1, 0.15) is 24.5 Å². The van der Waals surface area contributed by atoms with Crippen LogP contribution in [0.25, 0.3) is 0 Å². The van der Waals surface area contributed by atoms with Crippen LogP contribution in [0.2, 0.25) is 0 Å². The molecule has 94 valence electrons. The summed E-state index contributed by atoms with van der Waals surface area (Å²) in [5, 5.41) is 4.24. The van der Waals surface area contributed by atoms with E-state index in [1.165, 1.54) is 7.11 Å². The molecule has 0 aliphatic heterocycles. The van der Waals surface area contributed by atoms with Gasteiger partial charge in [0.25, 0.3) is 0 Å². The van der Waals surface area contributed by atoms with Gasteiger partial charge in [0, 0.05) is 0 Å². The molecule has 0 radical (unpaired) electrons. The Bertz CT molecular complexity index is 439. The van der Waals surface area contributed by atoms with Crippen LogP contribution < -0.4 is 5.73 Å². The number of carbonyl (C=O) groups is 1. The number of rotatable bonds is 4. The van der Waals surface area contributed by atoms with Crippen molar-refractivity contribution in [1.29, 1.82) is 0 Å². The van der Waals surface area contributed by atoms with E-state index in [9.17, 15) is 4.79 Å². The summed E-state index contributed by atoms with van der Waals surface area (Å²) in [4.78, 5) is 16.0. The minimum atomic E-state index is -0.973. The Morgan fingerprint density at radius 3 is 2.65 bits per heavy atom. The van der Waals surface area contributed by atoms with Gasteiger partial charge in [-0.3, -0.25) is 0 Å². The molecule has 1 aromatic rings. The Balaban J connectivity index is 2.24. The molecule has 1 aliphatic rings. The zero-order chi connectivity index (χ0) is 12.6. The van der Waals surface area contributed by atoms with Crippen molar-refractivity contribution in [2.24, 2.45) is 11.7 Å². The lowest BCUT2D eigenvalue weighted by atomic mass is 9.94. The molecular formula is C11H18N4O2. The Kier molecular flexibility index (Phi) is 2.91. The molecule has 1 saturated carbocycles. The molecule has 2 N–H and O–H groups in total. The molecule has 6 nitrogen and oxygen atoms in total. The van der Waals surface area contributed by atoms with E-state index in [-0.39, 0.29) is 11.9 Å². The maximum absolute atomic E-state index is 11.8. The highest BCUT2D eigenvalue weighted by Crippen LogP contribution is 2.39. The fourth-order valence-electron chi connectivity index (χ4n) is 2.11. The quantitative estimate of drug-likeness (QED) is 0.756. The zero-order valence-corrected chi connectivity index (χ0v) is 10.4. The Morgan fingerprint density at radius 1 is 1.59 bits per heavy atom. The van der Waals surface area contributed by atoms with Gasteiger partial charge in [0.05, 0.1) is 13.7 Å². The molecule has 1 aromatic heterocycles. The number of aryl methyl sites for hydroxylation is 2. The van der Waals surface area contributed by atoms with Gasteiger partial charge in [-0.15, -0.1) is 0 Å². The van der Waals surface area contributed by atoms with E-state index in [0.29, 0.717) is 12.4 Å². The number of hydrogen-bond donors (Lipinski definition) is 1. The molecule has 1 aliphatic carbocycles. The summed E-state index contributed by atoms with van der Waals surface area (Å²) in [6, 6.07) is 0. The predicted octanol–water partition coefficient (Wildman–Crippen LogP) is 0.175. The Labute approximate surface area is 100 Å². The lowest BCUT2D eigenvalue weighted by molar-refractivity contribution is -0.148. The molecule has 6 heteroatoms. The molecule has 0 saturated heterocycles. The molecule has 0 bridgehead atoms. The predicted molar refractivity (Wildman–Crippen MR) is 61.2 cm³/mol. The fourth-order valence-corrected chi connectivity index (χ4v) is 2.11. The topological polar surface area (TPSA) is 83.0 Å². The molecule has 17 heavy (non-hydrogen) atoms. The van der Waals surface area contributed by atoms with Gasteiger partial charge >= 0.3 is 5.97 Å². The number of methoxy groups -OCH3 is 1. The van der Waals surface area contributed by atoms with Crippen LogP contribution in [0.5, 0.6) is 0 Å². The smallest absolute Gasteiger partial charge is 0.328 e. The lowest BCUT2D eigenvalue weighted by Gasteiger charge is -2.26. The summed E-state index contributed by atoms with van der Waals surface area (Å²) in [5.41, 5.74) is 5.23. The molecule has 2 rings (SSSR count). The van der Waals surface area contributed by atoms with Gasteiger partial charge in [0.1, 0.15) is 17.2 Å². The zero-order valence-electron chi connectivity index (χ0n) is 10.4. The standard InChI is InChI=1S/C11H18N4O2/c1-7-13-8(2)15(14-7)6-11(12,9-4-5-9)10(16)17-3/h9H,4-6,12H2,1-3H3.